The van der Waals surface area contributed by atoms with Crippen molar-refractivity contribution >= 4 is 17.1 Å². The lowest BCUT2D eigenvalue weighted by Crippen LogP contribution is -2.31. The fraction of sp³-hybridized carbons (Fsp3) is 0.300. The van der Waals surface area contributed by atoms with Crippen LogP contribution in [0.5, 0.6) is 0 Å². The van der Waals surface area contributed by atoms with Gasteiger partial charge in [0.1, 0.15) is 11.7 Å². The average molecular weight is 335 g/mol. The van der Waals surface area contributed by atoms with Crippen LogP contribution in [0.2, 0.25) is 0 Å². The number of carbonyl (C=O) groups is 1. The quantitative estimate of drug-likeness (QED) is 0.870. The van der Waals surface area contributed by atoms with Gasteiger partial charge in [0.15, 0.2) is 5.43 Å². The van der Waals surface area contributed by atoms with E-state index in [1.54, 1.807) is 0 Å². The highest BCUT2D eigenvalue weighted by molar-refractivity contribution is 6.00. The normalized spacial score (nSPS) is 23.1. The van der Waals surface area contributed by atoms with E-state index in [9.17, 15) is 14.7 Å². The molecule has 0 bridgehead atoms. The number of benzene rings is 1. The number of ether oxygens (including phenoxy) is 1. The number of aromatic nitrogens is 1. The summed E-state index contributed by atoms with van der Waals surface area (Å²) in [5, 5.41) is 9.32. The zero-order chi connectivity index (χ0) is 17.3. The van der Waals surface area contributed by atoms with E-state index in [1.807, 2.05) is 4.57 Å². The fourth-order valence-electron chi connectivity index (χ4n) is 4.54. The zero-order valence-electron chi connectivity index (χ0n) is 13.8. The number of fused-ring (bicyclic) bond motifs is 7. The second-order valence-corrected chi connectivity index (χ2v) is 6.97. The molecule has 25 heavy (non-hydrogen) atoms. The van der Waals surface area contributed by atoms with Crippen molar-refractivity contribution in [2.24, 2.45) is 0 Å². The molecule has 3 heterocycles. The Morgan fingerprint density at radius 3 is 3.00 bits per heavy atom. The van der Waals surface area contributed by atoms with Gasteiger partial charge in [-0.2, -0.15) is 0 Å². The number of allylic oxidation sites excluding steroid dienone is 1. The van der Waals surface area contributed by atoms with Crippen molar-refractivity contribution in [2.45, 2.75) is 31.9 Å². The molecule has 0 saturated carbocycles. The summed E-state index contributed by atoms with van der Waals surface area (Å²) >= 11 is 0. The summed E-state index contributed by atoms with van der Waals surface area (Å²) in [5.74, 6) is -1.18. The van der Waals surface area contributed by atoms with Crippen molar-refractivity contribution in [2.75, 3.05) is 6.61 Å². The lowest BCUT2D eigenvalue weighted by molar-refractivity contribution is 0.0693. The molecule has 126 valence electrons. The Labute approximate surface area is 144 Å². The molecule has 0 amide bonds. The number of hydrogen-bond acceptors (Lipinski definition) is 3. The predicted octanol–water partition coefficient (Wildman–Crippen LogP) is 2.67. The van der Waals surface area contributed by atoms with Gasteiger partial charge >= 0.3 is 5.97 Å². The highest BCUT2D eigenvalue weighted by atomic mass is 16.5. The van der Waals surface area contributed by atoms with Crippen LogP contribution < -0.4 is 5.43 Å². The van der Waals surface area contributed by atoms with E-state index in [0.717, 1.165) is 24.1 Å². The van der Waals surface area contributed by atoms with Gasteiger partial charge in [-0.15, -0.1) is 0 Å². The van der Waals surface area contributed by atoms with E-state index in [0.29, 0.717) is 6.61 Å². The van der Waals surface area contributed by atoms with Crippen molar-refractivity contribution in [3.63, 3.8) is 0 Å². The molecule has 0 radical (unpaired) electrons. The Hall–Kier alpha value is -2.66. The third-order valence-electron chi connectivity index (χ3n) is 5.70. The molecule has 1 aromatic carbocycles. The van der Waals surface area contributed by atoms with Crippen LogP contribution in [0.3, 0.4) is 0 Å². The molecular weight excluding hydrogens is 318 g/mol. The number of aromatic carboxylic acids is 1. The first-order chi connectivity index (χ1) is 12.1. The van der Waals surface area contributed by atoms with Gasteiger partial charge in [0, 0.05) is 31.0 Å². The molecular formula is C20H17NO4. The Morgan fingerprint density at radius 2 is 2.20 bits per heavy atom. The first kappa shape index (κ1) is 14.7. The molecule has 1 aliphatic carbocycles. The van der Waals surface area contributed by atoms with Crippen molar-refractivity contribution in [3.8, 4) is 0 Å². The smallest absolute Gasteiger partial charge is 0.341 e. The predicted molar refractivity (Wildman–Crippen MR) is 92.8 cm³/mol. The molecule has 5 heteroatoms. The van der Waals surface area contributed by atoms with Crippen molar-refractivity contribution in [1.29, 1.82) is 0 Å². The zero-order valence-corrected chi connectivity index (χ0v) is 13.8. The summed E-state index contributed by atoms with van der Waals surface area (Å²) < 4.78 is 8.01. The number of rotatable bonds is 1. The number of aryl methyl sites for hydroxylation is 1. The van der Waals surface area contributed by atoms with E-state index in [1.165, 1.54) is 34.5 Å². The van der Waals surface area contributed by atoms with Crippen LogP contribution in [-0.4, -0.2) is 28.4 Å². The van der Waals surface area contributed by atoms with E-state index in [4.69, 9.17) is 4.74 Å². The lowest BCUT2D eigenvalue weighted by atomic mass is 9.89. The topological polar surface area (TPSA) is 68.5 Å². The summed E-state index contributed by atoms with van der Waals surface area (Å²) in [5.41, 5.74) is 6.24. The Bertz CT molecular complexity index is 1030. The van der Waals surface area contributed by atoms with Gasteiger partial charge in [0.25, 0.3) is 0 Å². The maximum atomic E-state index is 12.3. The molecule has 3 aliphatic rings. The maximum absolute atomic E-state index is 12.3. The van der Waals surface area contributed by atoms with Crippen LogP contribution in [0.15, 0.2) is 35.3 Å². The van der Waals surface area contributed by atoms with E-state index in [-0.39, 0.29) is 17.7 Å². The minimum atomic E-state index is -1.18. The molecule has 1 aromatic heterocycles. The van der Waals surface area contributed by atoms with E-state index in [2.05, 4.69) is 25.1 Å². The number of hydrogen-bond donors (Lipinski definition) is 1. The number of pyridine rings is 1. The van der Waals surface area contributed by atoms with Gasteiger partial charge in [0.2, 0.25) is 0 Å². The van der Waals surface area contributed by atoms with E-state index >= 15 is 0 Å². The van der Waals surface area contributed by atoms with Crippen molar-refractivity contribution < 1.29 is 14.6 Å². The summed E-state index contributed by atoms with van der Waals surface area (Å²) in [7, 11) is 0. The van der Waals surface area contributed by atoms with Crippen molar-refractivity contribution in [1.82, 2.24) is 4.57 Å². The number of carboxylic acid groups (broad SMARTS) is 1. The van der Waals surface area contributed by atoms with Gasteiger partial charge in [-0.3, -0.25) is 4.79 Å². The number of carboxylic acids is 1. The first-order valence-corrected chi connectivity index (χ1v) is 8.49. The fourth-order valence-corrected chi connectivity index (χ4v) is 4.54. The maximum Gasteiger partial charge on any atom is 0.341 e. The largest absolute Gasteiger partial charge is 0.477 e. The Morgan fingerprint density at radius 1 is 1.36 bits per heavy atom. The molecule has 0 unspecified atom stereocenters. The molecule has 2 aliphatic heterocycles. The van der Waals surface area contributed by atoms with Crippen LogP contribution in [-0.2, 0) is 11.2 Å². The average Bonchev–Trinajstić information content (AvgIpc) is 3.19. The summed E-state index contributed by atoms with van der Waals surface area (Å²) in [6.45, 7) is 2.74. The highest BCUT2D eigenvalue weighted by Crippen LogP contribution is 2.50. The summed E-state index contributed by atoms with van der Waals surface area (Å²) in [6, 6.07) is 7.82. The minimum absolute atomic E-state index is 0.0407. The van der Waals surface area contributed by atoms with Gasteiger partial charge in [-0.25, -0.2) is 4.79 Å². The SMILES string of the molecule is Cc1cccc2c1CC1=C2[C@H]2OCC[C@H]2n2cc(C(=O)O)c(=O)cc21. The van der Waals surface area contributed by atoms with Gasteiger partial charge in [-0.05, 0) is 41.2 Å². The van der Waals surface area contributed by atoms with E-state index < -0.39 is 11.4 Å². The lowest BCUT2D eigenvalue weighted by Gasteiger charge is -2.32. The van der Waals surface area contributed by atoms with Crippen LogP contribution in [0.1, 0.15) is 45.2 Å². The summed E-state index contributed by atoms with van der Waals surface area (Å²) in [4.78, 5) is 23.7. The van der Waals surface area contributed by atoms with Crippen LogP contribution in [0.4, 0.5) is 0 Å². The minimum Gasteiger partial charge on any atom is -0.477 e. The molecule has 1 N–H and O–H groups in total. The standard InChI is InChI=1S/C20H17NO4/c1-10-3-2-4-11-12(10)7-13-16-8-17(22)14(20(23)24)9-21(16)15-5-6-25-19(15)18(11)13/h2-4,8-9,15,19H,5-7H2,1H3,(H,23,24)/t15-,19+/m1/s1. The highest BCUT2D eigenvalue weighted by Gasteiger charge is 2.43. The monoisotopic (exact) mass is 335 g/mol. The second kappa shape index (κ2) is 4.92. The molecule has 2 aromatic rings. The van der Waals surface area contributed by atoms with Crippen LogP contribution in [0.25, 0.3) is 11.1 Å². The van der Waals surface area contributed by atoms with Gasteiger partial charge < -0.3 is 14.4 Å². The van der Waals surface area contributed by atoms with Crippen molar-refractivity contribution in [3.05, 3.63) is 68.6 Å². The molecule has 0 spiro atoms. The summed E-state index contributed by atoms with van der Waals surface area (Å²) in [6.07, 6.45) is 3.01. The molecule has 1 fully saturated rings. The first-order valence-electron chi connectivity index (χ1n) is 8.49. The Kier molecular flexibility index (Phi) is 2.89. The third-order valence-corrected chi connectivity index (χ3v) is 5.70. The van der Waals surface area contributed by atoms with Gasteiger partial charge in [-0.1, -0.05) is 18.2 Å². The number of nitrogens with zero attached hydrogens (tertiary/aromatic N) is 1. The molecule has 5 nitrogen and oxygen atoms in total. The van der Waals surface area contributed by atoms with Crippen LogP contribution >= 0.6 is 0 Å². The molecule has 2 atom stereocenters. The van der Waals surface area contributed by atoms with Gasteiger partial charge in [0.05, 0.1) is 6.04 Å². The molecule has 5 rings (SSSR count). The molecule has 1 saturated heterocycles. The Balaban J connectivity index is 1.80. The second-order valence-electron chi connectivity index (χ2n) is 6.97. The third kappa shape index (κ3) is 1.87. The van der Waals surface area contributed by atoms with Crippen LogP contribution in [0, 0.1) is 6.92 Å².